The molecule has 5 heterocycles. The topological polar surface area (TPSA) is 346 Å². The Labute approximate surface area is 426 Å². The maximum absolute atomic E-state index is 12.1. The van der Waals surface area contributed by atoms with E-state index in [2.05, 4.69) is 26.8 Å². The molecule has 4 aliphatic carbocycles. The molecular formula is C51H84O22. The third kappa shape index (κ3) is 10.2. The Morgan fingerprint density at radius 3 is 1.86 bits per heavy atom. The molecule has 3 saturated carbocycles. The fraction of sp³-hybridized carbons (Fsp3) is 0.961. The molecule has 0 radical (unpaired) electrons. The molecule has 0 aromatic carbocycles. The van der Waals surface area contributed by atoms with E-state index in [-0.39, 0.29) is 41.3 Å². The van der Waals surface area contributed by atoms with Crippen LogP contribution in [0.5, 0.6) is 0 Å². The molecule has 420 valence electrons. The highest BCUT2D eigenvalue weighted by Gasteiger charge is 2.68. The van der Waals surface area contributed by atoms with Crippen molar-refractivity contribution in [2.24, 2.45) is 46.3 Å². The maximum Gasteiger partial charge on any atom is 0.187 e. The van der Waals surface area contributed by atoms with Crippen molar-refractivity contribution in [1.29, 1.82) is 0 Å². The van der Waals surface area contributed by atoms with Crippen LogP contribution in [0.25, 0.3) is 0 Å². The van der Waals surface area contributed by atoms with E-state index in [9.17, 15) is 66.4 Å². The quantitative estimate of drug-likeness (QED) is 0.0839. The zero-order valence-corrected chi connectivity index (χ0v) is 42.7. The van der Waals surface area contributed by atoms with Crippen molar-refractivity contribution in [3.8, 4) is 0 Å². The molecule has 5 aliphatic heterocycles. The number of allylic oxidation sites excluding steroid dienone is 1. The summed E-state index contributed by atoms with van der Waals surface area (Å²) in [5, 5.41) is 139. The van der Waals surface area contributed by atoms with Crippen molar-refractivity contribution >= 4 is 0 Å². The van der Waals surface area contributed by atoms with E-state index >= 15 is 0 Å². The second-order valence-electron chi connectivity index (χ2n) is 23.8. The first kappa shape index (κ1) is 56.6. The van der Waals surface area contributed by atoms with E-state index in [1.165, 1.54) is 19.4 Å². The summed E-state index contributed by atoms with van der Waals surface area (Å²) in [5.41, 5.74) is 1.07. The van der Waals surface area contributed by atoms with Crippen molar-refractivity contribution in [2.75, 3.05) is 19.8 Å². The fourth-order valence-electron chi connectivity index (χ4n) is 14.9. The van der Waals surface area contributed by atoms with Gasteiger partial charge in [0.05, 0.1) is 44.2 Å². The van der Waals surface area contributed by atoms with Crippen LogP contribution in [-0.4, -0.2) is 227 Å². The number of fused-ring (bicyclic) bond motifs is 7. The first-order chi connectivity index (χ1) is 34.5. The number of hydrogen-bond donors (Lipinski definition) is 13. The van der Waals surface area contributed by atoms with Crippen LogP contribution < -0.4 is 0 Å². The Morgan fingerprint density at radius 2 is 1.23 bits per heavy atom. The van der Waals surface area contributed by atoms with Gasteiger partial charge < -0.3 is 109 Å². The van der Waals surface area contributed by atoms with Crippen LogP contribution in [0.3, 0.4) is 0 Å². The predicted molar refractivity (Wildman–Crippen MR) is 249 cm³/mol. The molecule has 0 spiro atoms. The first-order valence-electron chi connectivity index (χ1n) is 26.8. The lowest BCUT2D eigenvalue weighted by Crippen LogP contribution is -2.66. The molecule has 0 bridgehead atoms. The minimum atomic E-state index is -1.75. The molecule has 22 heteroatoms. The second-order valence-corrected chi connectivity index (χ2v) is 23.8. The van der Waals surface area contributed by atoms with E-state index in [0.717, 1.165) is 32.1 Å². The van der Waals surface area contributed by atoms with E-state index < -0.39 is 148 Å². The normalized spacial score (nSPS) is 55.5. The molecule has 9 aliphatic rings. The smallest absolute Gasteiger partial charge is 0.187 e. The van der Waals surface area contributed by atoms with E-state index in [4.69, 9.17) is 42.6 Å². The van der Waals surface area contributed by atoms with Crippen molar-refractivity contribution in [1.82, 2.24) is 0 Å². The summed E-state index contributed by atoms with van der Waals surface area (Å²) < 4.78 is 54.6. The minimum absolute atomic E-state index is 0.0589. The van der Waals surface area contributed by atoms with Gasteiger partial charge in [0.1, 0.15) is 85.5 Å². The minimum Gasteiger partial charge on any atom is -0.394 e. The molecule has 5 saturated heterocycles. The van der Waals surface area contributed by atoms with Gasteiger partial charge in [-0.15, -0.1) is 0 Å². The Kier molecular flexibility index (Phi) is 16.9. The van der Waals surface area contributed by atoms with Crippen LogP contribution in [0.1, 0.15) is 99.3 Å². The number of ether oxygens (including phenoxy) is 9. The zero-order chi connectivity index (χ0) is 52.8. The number of aliphatic hydroxyl groups is 13. The molecule has 13 N–H and O–H groups in total. The van der Waals surface area contributed by atoms with Crippen molar-refractivity contribution in [3.63, 3.8) is 0 Å². The molecule has 0 amide bonds. The van der Waals surface area contributed by atoms with Gasteiger partial charge in [-0.05, 0) is 106 Å². The van der Waals surface area contributed by atoms with Gasteiger partial charge in [-0.1, -0.05) is 39.3 Å². The fourth-order valence-corrected chi connectivity index (χ4v) is 14.9. The highest BCUT2D eigenvalue weighted by atomic mass is 16.8. The second kappa shape index (κ2) is 21.8. The molecule has 9 rings (SSSR count). The number of hydrogen-bond acceptors (Lipinski definition) is 22. The standard InChI is InChI=1S/C51H84O22/c1-20(19-65-45-39(60)38(59)35(56)30(17-52)69-45)9-14-51(64)21(2)32-29(73-51)16-28-26-8-7-24-15-25(10-12-49(24,5)27(26)11-13-50(28,32)6)68-48-44(72-47-41(62)37(58)34(55)23(4)67-47)42(63)43(31(18-53)70-48)71-46-40(61)36(57)33(54)22(3)66-46/h7,20-23,25-48,52-64H,8-19H2,1-6H3/t20-,21?,22-,23+,25+,26-,27?,28?,29+,30-,31-,32?,33+,34-,35-,36-,37+,38-,39-,40-,41+,42-,43-,44?,45-,46+,47-,48-,49+,50+,51?/m1/s1. The molecule has 8 fully saturated rings. The first-order valence-corrected chi connectivity index (χ1v) is 26.8. The molecule has 31 atom stereocenters. The van der Waals surface area contributed by atoms with Crippen LogP contribution in [0.2, 0.25) is 0 Å². The average molecular weight is 1050 g/mol. The van der Waals surface area contributed by atoms with Gasteiger partial charge in [0.2, 0.25) is 0 Å². The molecule has 0 aromatic rings. The van der Waals surface area contributed by atoms with Gasteiger partial charge >= 0.3 is 0 Å². The zero-order valence-electron chi connectivity index (χ0n) is 42.7. The molecule has 22 nitrogen and oxygen atoms in total. The predicted octanol–water partition coefficient (Wildman–Crippen LogP) is -1.98. The summed E-state index contributed by atoms with van der Waals surface area (Å²) in [6.45, 7) is 10.7. The van der Waals surface area contributed by atoms with Crippen LogP contribution in [0, 0.1) is 46.3 Å². The van der Waals surface area contributed by atoms with Gasteiger partial charge in [0, 0.05) is 12.3 Å². The largest absolute Gasteiger partial charge is 0.394 e. The Hall–Kier alpha value is -1.14. The SMILES string of the molecule is CC1C2[C@H](CC3[C@@H]4CC=C5C[C@@H](O[C@@H]6O[C@H](CO)[C@@H](O[C@@H]7O[C@H](C)[C@H](O)[C@@H](O)[C@H]7O)[C@@H](O)C6O[C@H]6O[C@@H](C)[C@@H](O)[C@H](O)[C@@H]6O)CC[C@]5(C)C4CC[C@@]32C)OC1(O)CC[C@@H](C)CO[C@@H]1O[C@H](CO)[C@@H](O)[C@@H](O)[C@H]1O. The third-order valence-electron chi connectivity index (χ3n) is 19.5. The summed E-state index contributed by atoms with van der Waals surface area (Å²) in [4.78, 5) is 0. The maximum atomic E-state index is 12.1. The Balaban J connectivity index is 0.846. The summed E-state index contributed by atoms with van der Waals surface area (Å²) in [6, 6.07) is 0. The summed E-state index contributed by atoms with van der Waals surface area (Å²) in [5.74, 6) is -0.232. The van der Waals surface area contributed by atoms with Gasteiger partial charge in [-0.3, -0.25) is 0 Å². The van der Waals surface area contributed by atoms with Crippen LogP contribution in [0.15, 0.2) is 11.6 Å². The van der Waals surface area contributed by atoms with Gasteiger partial charge in [-0.25, -0.2) is 0 Å². The van der Waals surface area contributed by atoms with E-state index in [1.54, 1.807) is 0 Å². The third-order valence-corrected chi connectivity index (χ3v) is 19.5. The van der Waals surface area contributed by atoms with Gasteiger partial charge in [-0.2, -0.15) is 0 Å². The highest BCUT2D eigenvalue weighted by Crippen LogP contribution is 2.70. The summed E-state index contributed by atoms with van der Waals surface area (Å²) in [6.07, 6.45) is -20.5. The lowest BCUT2D eigenvalue weighted by molar-refractivity contribution is -0.388. The van der Waals surface area contributed by atoms with Crippen LogP contribution in [0.4, 0.5) is 0 Å². The van der Waals surface area contributed by atoms with Crippen LogP contribution in [-0.2, 0) is 42.6 Å². The Morgan fingerprint density at radius 1 is 0.644 bits per heavy atom. The molecule has 73 heavy (non-hydrogen) atoms. The highest BCUT2D eigenvalue weighted by molar-refractivity contribution is 5.26. The summed E-state index contributed by atoms with van der Waals surface area (Å²) in [7, 11) is 0. The summed E-state index contributed by atoms with van der Waals surface area (Å²) >= 11 is 0. The van der Waals surface area contributed by atoms with Crippen LogP contribution >= 0.6 is 0 Å². The Bertz CT molecular complexity index is 1900. The lowest BCUT2D eigenvalue weighted by atomic mass is 9.47. The lowest BCUT2D eigenvalue weighted by Gasteiger charge is -2.58. The van der Waals surface area contributed by atoms with E-state index in [0.29, 0.717) is 43.4 Å². The van der Waals surface area contributed by atoms with Crippen molar-refractivity contribution < 1.29 is 109 Å². The number of aliphatic hydroxyl groups excluding tert-OH is 12. The van der Waals surface area contributed by atoms with Gasteiger partial charge in [0.15, 0.2) is 30.9 Å². The van der Waals surface area contributed by atoms with Gasteiger partial charge in [0.25, 0.3) is 0 Å². The average Bonchev–Trinajstić information content (AvgIpc) is 3.80. The van der Waals surface area contributed by atoms with E-state index in [1.807, 2.05) is 6.92 Å². The monoisotopic (exact) mass is 1050 g/mol. The molecule has 0 aromatic heterocycles. The van der Waals surface area contributed by atoms with Crippen molar-refractivity contribution in [3.05, 3.63) is 11.6 Å². The molecular weight excluding hydrogens is 965 g/mol. The van der Waals surface area contributed by atoms with Crippen molar-refractivity contribution in [2.45, 2.75) is 240 Å². The number of rotatable bonds is 14. The molecule has 6 unspecified atom stereocenters.